The van der Waals surface area contributed by atoms with Crippen molar-refractivity contribution in [2.24, 2.45) is 0 Å². The third-order valence-corrected chi connectivity index (χ3v) is 7.31. The fourth-order valence-corrected chi connectivity index (χ4v) is 5.13. The Balaban J connectivity index is 1.53. The minimum atomic E-state index is -1.44. The van der Waals surface area contributed by atoms with Gasteiger partial charge in [-0.15, -0.1) is 0 Å². The van der Waals surface area contributed by atoms with Gasteiger partial charge in [0.25, 0.3) is 0 Å². The topological polar surface area (TPSA) is 183 Å². The van der Waals surface area contributed by atoms with E-state index >= 15 is 0 Å². The molecule has 46 heavy (non-hydrogen) atoms. The van der Waals surface area contributed by atoms with Gasteiger partial charge in [0.2, 0.25) is 0 Å². The van der Waals surface area contributed by atoms with Crippen molar-refractivity contribution in [1.82, 2.24) is 0 Å². The Hall–Kier alpha value is -6.68. The van der Waals surface area contributed by atoms with E-state index in [0.29, 0.717) is 22.3 Å². The number of hydrogen-bond acceptors (Lipinski definition) is 6. The van der Waals surface area contributed by atoms with E-state index in [1.54, 1.807) is 36.4 Å². The van der Waals surface area contributed by atoms with E-state index < -0.39 is 57.7 Å². The van der Waals surface area contributed by atoms with E-state index in [2.05, 4.69) is 0 Å². The Kier molecular flexibility index (Phi) is 8.37. The minimum absolute atomic E-state index is 0.148. The fraction of sp³-hybridized carbons (Fsp3) is 0. The number of carboxylic acids is 4. The molecule has 0 saturated heterocycles. The fourth-order valence-electron chi connectivity index (χ4n) is 5.13. The number of carboxylic acid groups (broad SMARTS) is 4. The summed E-state index contributed by atoms with van der Waals surface area (Å²) in [6.45, 7) is 0. The molecule has 0 atom stereocenters. The monoisotopic (exact) mass is 614 g/mol. The second-order valence-corrected chi connectivity index (χ2v) is 10.1. The van der Waals surface area contributed by atoms with Crippen LogP contribution in [0.1, 0.15) is 73.3 Å². The molecule has 5 rings (SSSR count). The summed E-state index contributed by atoms with van der Waals surface area (Å²) in [4.78, 5) is 74.1. The van der Waals surface area contributed by atoms with Gasteiger partial charge in [0.1, 0.15) is 0 Å². The maximum atomic E-state index is 13.8. The summed E-state index contributed by atoms with van der Waals surface area (Å²) in [5.74, 6) is -6.65. The van der Waals surface area contributed by atoms with Gasteiger partial charge in [0.05, 0.1) is 22.3 Å². The van der Waals surface area contributed by atoms with Crippen molar-refractivity contribution in [3.63, 3.8) is 0 Å². The number of carbonyl (C=O) groups is 6. The molecule has 0 saturated carbocycles. The van der Waals surface area contributed by atoms with Crippen LogP contribution in [0, 0.1) is 0 Å². The molecule has 0 amide bonds. The maximum Gasteiger partial charge on any atom is 0.336 e. The van der Waals surface area contributed by atoms with Crippen LogP contribution >= 0.6 is 0 Å². The normalized spacial score (nSPS) is 10.6. The Labute approximate surface area is 260 Å². The molecule has 0 fully saturated rings. The molecule has 0 aliphatic heterocycles. The second-order valence-electron chi connectivity index (χ2n) is 10.1. The SMILES string of the molecule is O=C(O)c1ccc(-c2ccccc2C(=O)c2cccc(C(=O)c3ccccc3-c3ccc(C(=O)O)c(C(=O)O)c3)c2)cc1C(=O)O. The number of benzene rings is 5. The van der Waals surface area contributed by atoms with E-state index in [4.69, 9.17) is 0 Å². The zero-order valence-electron chi connectivity index (χ0n) is 23.6. The van der Waals surface area contributed by atoms with Crippen LogP contribution in [0.4, 0.5) is 0 Å². The number of ketones is 2. The summed E-state index contributed by atoms with van der Waals surface area (Å²) in [6, 6.07) is 26.3. The average molecular weight is 615 g/mol. The first-order valence-corrected chi connectivity index (χ1v) is 13.6. The minimum Gasteiger partial charge on any atom is -0.478 e. The highest BCUT2D eigenvalue weighted by atomic mass is 16.4. The summed E-state index contributed by atoms with van der Waals surface area (Å²) >= 11 is 0. The molecule has 5 aromatic carbocycles. The van der Waals surface area contributed by atoms with Crippen LogP contribution < -0.4 is 0 Å². The first-order valence-electron chi connectivity index (χ1n) is 13.6. The standard InChI is InChI=1S/C36H22O10/c37-31(25-10-3-1-8-23(25)19-12-14-27(33(39)40)29(17-19)35(43)44)21-6-5-7-22(16-21)32(38)26-11-4-2-9-24(26)20-13-15-28(34(41)42)30(18-20)36(45)46/h1-18H,(H,39,40)(H,41,42)(H,43,44)(H,45,46). The molecular formula is C36H22O10. The Morgan fingerprint density at radius 1 is 0.348 bits per heavy atom. The molecule has 0 heterocycles. The molecule has 10 heteroatoms. The Morgan fingerprint density at radius 2 is 0.717 bits per heavy atom. The van der Waals surface area contributed by atoms with E-state index in [1.165, 1.54) is 60.7 Å². The van der Waals surface area contributed by atoms with Crippen LogP contribution in [0.5, 0.6) is 0 Å². The zero-order chi connectivity index (χ0) is 33.1. The molecule has 0 radical (unpaired) electrons. The van der Waals surface area contributed by atoms with Crippen molar-refractivity contribution in [3.05, 3.63) is 154 Å². The van der Waals surface area contributed by atoms with Crippen LogP contribution in [-0.4, -0.2) is 55.9 Å². The predicted octanol–water partition coefficient (Wildman–Crippen LogP) is 6.28. The molecule has 10 nitrogen and oxygen atoms in total. The summed E-state index contributed by atoms with van der Waals surface area (Å²) < 4.78 is 0. The highest BCUT2D eigenvalue weighted by molar-refractivity contribution is 6.17. The summed E-state index contributed by atoms with van der Waals surface area (Å²) in [6.07, 6.45) is 0. The Bertz CT molecular complexity index is 1960. The molecule has 0 aromatic heterocycles. The number of rotatable bonds is 10. The molecule has 5 aromatic rings. The predicted molar refractivity (Wildman–Crippen MR) is 165 cm³/mol. The van der Waals surface area contributed by atoms with E-state index in [1.807, 2.05) is 0 Å². The van der Waals surface area contributed by atoms with Crippen LogP contribution in [0.3, 0.4) is 0 Å². The smallest absolute Gasteiger partial charge is 0.336 e. The molecule has 0 aliphatic carbocycles. The van der Waals surface area contributed by atoms with Crippen LogP contribution in [-0.2, 0) is 0 Å². The average Bonchev–Trinajstić information content (AvgIpc) is 3.07. The van der Waals surface area contributed by atoms with Gasteiger partial charge in [0.15, 0.2) is 11.6 Å². The lowest BCUT2D eigenvalue weighted by molar-refractivity contribution is 0.0651. The maximum absolute atomic E-state index is 13.8. The summed E-state index contributed by atoms with van der Waals surface area (Å²) in [5.41, 5.74) is 0.319. The molecule has 4 N–H and O–H groups in total. The van der Waals surface area contributed by atoms with Gasteiger partial charge in [-0.1, -0.05) is 78.9 Å². The highest BCUT2D eigenvalue weighted by Gasteiger charge is 2.23. The van der Waals surface area contributed by atoms with Crippen molar-refractivity contribution in [3.8, 4) is 22.3 Å². The molecular weight excluding hydrogens is 592 g/mol. The van der Waals surface area contributed by atoms with Crippen LogP contribution in [0.2, 0.25) is 0 Å². The molecule has 0 bridgehead atoms. The van der Waals surface area contributed by atoms with Crippen molar-refractivity contribution < 1.29 is 49.2 Å². The van der Waals surface area contributed by atoms with Gasteiger partial charge in [-0.3, -0.25) is 9.59 Å². The zero-order valence-corrected chi connectivity index (χ0v) is 23.6. The quantitative estimate of drug-likeness (QED) is 0.131. The van der Waals surface area contributed by atoms with Gasteiger partial charge in [0, 0.05) is 22.3 Å². The molecule has 0 spiro atoms. The van der Waals surface area contributed by atoms with Crippen LogP contribution in [0.15, 0.2) is 109 Å². The largest absolute Gasteiger partial charge is 0.478 e. The van der Waals surface area contributed by atoms with Gasteiger partial charge in [-0.25, -0.2) is 19.2 Å². The summed E-state index contributed by atoms with van der Waals surface area (Å²) in [5, 5.41) is 37.9. The van der Waals surface area contributed by atoms with E-state index in [0.717, 1.165) is 12.1 Å². The second kappa shape index (κ2) is 12.5. The highest BCUT2D eigenvalue weighted by Crippen LogP contribution is 2.30. The first kappa shape index (κ1) is 30.8. The van der Waals surface area contributed by atoms with Gasteiger partial charge in [-0.05, 0) is 52.6 Å². The van der Waals surface area contributed by atoms with Crippen LogP contribution in [0.25, 0.3) is 22.3 Å². The van der Waals surface area contributed by atoms with E-state index in [-0.39, 0.29) is 22.3 Å². The molecule has 0 aliphatic rings. The lowest BCUT2D eigenvalue weighted by Gasteiger charge is -2.13. The van der Waals surface area contributed by atoms with Crippen molar-refractivity contribution in [2.45, 2.75) is 0 Å². The first-order chi connectivity index (χ1) is 22.0. The van der Waals surface area contributed by atoms with Gasteiger partial charge < -0.3 is 20.4 Å². The van der Waals surface area contributed by atoms with Gasteiger partial charge >= 0.3 is 23.9 Å². The third-order valence-electron chi connectivity index (χ3n) is 7.31. The number of hydrogen-bond donors (Lipinski definition) is 4. The Morgan fingerprint density at radius 3 is 1.09 bits per heavy atom. The van der Waals surface area contributed by atoms with Crippen molar-refractivity contribution in [2.75, 3.05) is 0 Å². The third kappa shape index (κ3) is 5.90. The lowest BCUT2D eigenvalue weighted by atomic mass is 9.89. The molecule has 0 unspecified atom stereocenters. The summed E-state index contributed by atoms with van der Waals surface area (Å²) in [7, 11) is 0. The van der Waals surface area contributed by atoms with E-state index in [9.17, 15) is 49.2 Å². The van der Waals surface area contributed by atoms with Crippen molar-refractivity contribution >= 4 is 35.4 Å². The number of aromatic carboxylic acids is 4. The van der Waals surface area contributed by atoms with Crippen molar-refractivity contribution in [1.29, 1.82) is 0 Å². The lowest BCUT2D eigenvalue weighted by Crippen LogP contribution is -2.10. The van der Waals surface area contributed by atoms with Gasteiger partial charge in [-0.2, -0.15) is 0 Å². The number of carbonyl (C=O) groups excluding carboxylic acids is 2. The molecule has 226 valence electrons.